The number of carbonyl (C=O) groups excluding carboxylic acids is 1. The maximum absolute atomic E-state index is 12.9. The molecule has 0 radical (unpaired) electrons. The van der Waals surface area contributed by atoms with Crippen LogP contribution in [0.2, 0.25) is 0 Å². The predicted molar refractivity (Wildman–Crippen MR) is 107 cm³/mol. The molecule has 0 unspecified atom stereocenters. The zero-order valence-electron chi connectivity index (χ0n) is 15.5. The van der Waals surface area contributed by atoms with Crippen molar-refractivity contribution in [2.24, 2.45) is 0 Å². The number of urea groups is 1. The summed E-state index contributed by atoms with van der Waals surface area (Å²) in [5.41, 5.74) is 3.12. The van der Waals surface area contributed by atoms with E-state index in [4.69, 9.17) is 9.47 Å². The van der Waals surface area contributed by atoms with E-state index in [0.29, 0.717) is 18.8 Å². The molecule has 5 heteroatoms. The lowest BCUT2D eigenvalue weighted by Crippen LogP contribution is -2.38. The lowest BCUT2D eigenvalue weighted by molar-refractivity contribution is 0.206. The summed E-state index contributed by atoms with van der Waals surface area (Å²) in [6, 6.07) is 17.9. The first kappa shape index (κ1) is 17.2. The van der Waals surface area contributed by atoms with E-state index in [2.05, 4.69) is 5.32 Å². The third kappa shape index (κ3) is 3.28. The number of rotatable bonds is 3. The van der Waals surface area contributed by atoms with Gasteiger partial charge in [0.1, 0.15) is 0 Å². The summed E-state index contributed by atoms with van der Waals surface area (Å²) in [5.74, 6) is 1.41. The second-order valence-corrected chi connectivity index (χ2v) is 6.60. The van der Waals surface area contributed by atoms with Crippen LogP contribution in [0.1, 0.15) is 11.1 Å². The van der Waals surface area contributed by atoms with E-state index >= 15 is 0 Å². The molecule has 0 fully saturated rings. The molecule has 0 spiro atoms. The molecular weight excluding hydrogens is 340 g/mol. The Labute approximate surface area is 158 Å². The average molecular weight is 362 g/mol. The zero-order valence-corrected chi connectivity index (χ0v) is 15.5. The van der Waals surface area contributed by atoms with E-state index in [1.165, 1.54) is 5.56 Å². The Bertz CT molecular complexity index is 995. The van der Waals surface area contributed by atoms with Gasteiger partial charge < -0.3 is 19.7 Å². The van der Waals surface area contributed by atoms with E-state index < -0.39 is 0 Å². The Balaban J connectivity index is 1.56. The topological polar surface area (TPSA) is 50.8 Å². The second kappa shape index (κ2) is 7.19. The average Bonchev–Trinajstić information content (AvgIpc) is 2.72. The minimum atomic E-state index is -0.0909. The zero-order chi connectivity index (χ0) is 18.8. The lowest BCUT2D eigenvalue weighted by Gasteiger charge is -2.30. The molecule has 0 saturated carbocycles. The van der Waals surface area contributed by atoms with Crippen LogP contribution in [0.25, 0.3) is 10.8 Å². The Kier molecular flexibility index (Phi) is 4.59. The van der Waals surface area contributed by atoms with E-state index in [1.807, 2.05) is 59.5 Å². The van der Waals surface area contributed by atoms with Gasteiger partial charge in [0, 0.05) is 18.5 Å². The Hall–Kier alpha value is -3.21. The van der Waals surface area contributed by atoms with Gasteiger partial charge >= 0.3 is 6.03 Å². The van der Waals surface area contributed by atoms with Crippen LogP contribution in [-0.2, 0) is 13.0 Å². The van der Waals surface area contributed by atoms with Crippen molar-refractivity contribution in [2.75, 3.05) is 26.1 Å². The number of amides is 2. The summed E-state index contributed by atoms with van der Waals surface area (Å²) < 4.78 is 10.8. The molecule has 0 bridgehead atoms. The Morgan fingerprint density at radius 1 is 0.963 bits per heavy atom. The highest BCUT2D eigenvalue weighted by Crippen LogP contribution is 2.33. The highest BCUT2D eigenvalue weighted by molar-refractivity contribution is 6.01. The van der Waals surface area contributed by atoms with Crippen LogP contribution >= 0.6 is 0 Å². The van der Waals surface area contributed by atoms with Crippen molar-refractivity contribution in [3.63, 3.8) is 0 Å². The molecule has 1 N–H and O–H groups in total. The van der Waals surface area contributed by atoms with Gasteiger partial charge in [-0.25, -0.2) is 4.79 Å². The number of anilines is 1. The maximum Gasteiger partial charge on any atom is 0.322 e. The van der Waals surface area contributed by atoms with Crippen LogP contribution in [0.5, 0.6) is 11.5 Å². The van der Waals surface area contributed by atoms with Crippen molar-refractivity contribution in [3.8, 4) is 11.5 Å². The Morgan fingerprint density at radius 2 is 1.67 bits per heavy atom. The van der Waals surface area contributed by atoms with E-state index in [1.54, 1.807) is 14.2 Å². The van der Waals surface area contributed by atoms with Gasteiger partial charge in [-0.3, -0.25) is 0 Å². The molecule has 0 aromatic heterocycles. The first-order valence-electron chi connectivity index (χ1n) is 8.97. The van der Waals surface area contributed by atoms with Crippen molar-refractivity contribution >= 4 is 22.5 Å². The maximum atomic E-state index is 12.9. The van der Waals surface area contributed by atoms with Crippen LogP contribution < -0.4 is 14.8 Å². The molecular formula is C22H22N2O3. The van der Waals surface area contributed by atoms with E-state index in [0.717, 1.165) is 34.2 Å². The molecule has 1 aliphatic rings. The summed E-state index contributed by atoms with van der Waals surface area (Å²) in [6.07, 6.45) is 0.790. The summed E-state index contributed by atoms with van der Waals surface area (Å²) >= 11 is 0. The van der Waals surface area contributed by atoms with Gasteiger partial charge in [0.25, 0.3) is 0 Å². The van der Waals surface area contributed by atoms with Crippen LogP contribution in [0.15, 0.2) is 54.6 Å². The summed E-state index contributed by atoms with van der Waals surface area (Å²) in [4.78, 5) is 14.7. The summed E-state index contributed by atoms with van der Waals surface area (Å²) in [5, 5.41) is 5.21. The molecule has 0 aliphatic carbocycles. The molecule has 3 aromatic rings. The minimum absolute atomic E-state index is 0.0909. The number of hydrogen-bond donors (Lipinski definition) is 1. The van der Waals surface area contributed by atoms with Gasteiger partial charge in [0.2, 0.25) is 0 Å². The van der Waals surface area contributed by atoms with Crippen molar-refractivity contribution in [1.82, 2.24) is 4.90 Å². The smallest absolute Gasteiger partial charge is 0.322 e. The van der Waals surface area contributed by atoms with Gasteiger partial charge in [-0.2, -0.15) is 0 Å². The molecule has 5 nitrogen and oxygen atoms in total. The molecule has 4 rings (SSSR count). The highest BCUT2D eigenvalue weighted by atomic mass is 16.5. The van der Waals surface area contributed by atoms with Gasteiger partial charge in [-0.15, -0.1) is 0 Å². The quantitative estimate of drug-likeness (QED) is 0.749. The fourth-order valence-corrected chi connectivity index (χ4v) is 3.59. The number of nitrogens with zero attached hydrogens (tertiary/aromatic N) is 1. The number of methoxy groups -OCH3 is 2. The van der Waals surface area contributed by atoms with E-state index in [-0.39, 0.29) is 6.03 Å². The van der Waals surface area contributed by atoms with Gasteiger partial charge in [-0.1, -0.05) is 36.4 Å². The fraction of sp³-hybridized carbons (Fsp3) is 0.227. The minimum Gasteiger partial charge on any atom is -0.493 e. The monoisotopic (exact) mass is 362 g/mol. The predicted octanol–water partition coefficient (Wildman–Crippen LogP) is 4.45. The van der Waals surface area contributed by atoms with Gasteiger partial charge in [0.05, 0.1) is 19.9 Å². The summed E-state index contributed by atoms with van der Waals surface area (Å²) in [7, 11) is 3.26. The highest BCUT2D eigenvalue weighted by Gasteiger charge is 2.23. The number of ether oxygens (including phenoxy) is 2. The SMILES string of the molecule is COc1cc2c(cc1OC)CN(C(=O)Nc1cccc3ccccc13)CC2. The largest absolute Gasteiger partial charge is 0.493 e. The number of carbonyl (C=O) groups is 1. The molecule has 3 aromatic carbocycles. The van der Waals surface area contributed by atoms with Crippen molar-refractivity contribution < 1.29 is 14.3 Å². The molecule has 1 heterocycles. The molecule has 0 atom stereocenters. The standard InChI is InChI=1S/C22H22N2O3/c1-26-20-12-16-10-11-24(14-17(16)13-21(20)27-2)22(25)23-19-9-5-7-15-6-3-4-8-18(15)19/h3-9,12-13H,10-11,14H2,1-2H3,(H,23,25). The van der Waals surface area contributed by atoms with Gasteiger partial charge in [-0.05, 0) is 41.1 Å². The van der Waals surface area contributed by atoms with Crippen LogP contribution in [0.4, 0.5) is 10.5 Å². The third-order valence-corrected chi connectivity index (χ3v) is 5.04. The molecule has 1 aliphatic heterocycles. The van der Waals surface area contributed by atoms with Crippen molar-refractivity contribution in [3.05, 3.63) is 65.7 Å². The molecule has 27 heavy (non-hydrogen) atoms. The molecule has 0 saturated heterocycles. The second-order valence-electron chi connectivity index (χ2n) is 6.60. The van der Waals surface area contributed by atoms with E-state index in [9.17, 15) is 4.79 Å². The van der Waals surface area contributed by atoms with Crippen molar-refractivity contribution in [1.29, 1.82) is 0 Å². The first-order valence-corrected chi connectivity index (χ1v) is 8.97. The third-order valence-electron chi connectivity index (χ3n) is 5.04. The number of hydrogen-bond acceptors (Lipinski definition) is 3. The Morgan fingerprint density at radius 3 is 2.44 bits per heavy atom. The molecule has 138 valence electrons. The first-order chi connectivity index (χ1) is 13.2. The number of fused-ring (bicyclic) bond motifs is 2. The normalized spacial score (nSPS) is 13.2. The lowest BCUT2D eigenvalue weighted by atomic mass is 9.99. The molecule has 2 amide bonds. The fourth-order valence-electron chi connectivity index (χ4n) is 3.59. The van der Waals surface area contributed by atoms with Gasteiger partial charge in [0.15, 0.2) is 11.5 Å². The van der Waals surface area contributed by atoms with Crippen LogP contribution in [0.3, 0.4) is 0 Å². The number of benzene rings is 3. The van der Waals surface area contributed by atoms with Crippen LogP contribution in [0, 0.1) is 0 Å². The summed E-state index contributed by atoms with van der Waals surface area (Å²) in [6.45, 7) is 1.21. The van der Waals surface area contributed by atoms with Crippen LogP contribution in [-0.4, -0.2) is 31.7 Å². The number of nitrogens with one attached hydrogen (secondary N) is 1. The van der Waals surface area contributed by atoms with Crippen molar-refractivity contribution in [2.45, 2.75) is 13.0 Å².